The van der Waals surface area contributed by atoms with E-state index in [2.05, 4.69) is 30.2 Å². The Hall–Kier alpha value is -5.61. The number of hydrogen-bond acceptors (Lipinski definition) is 12. The van der Waals surface area contributed by atoms with Crippen LogP contribution in [0.3, 0.4) is 0 Å². The van der Waals surface area contributed by atoms with Crippen LogP contribution in [-0.4, -0.2) is 127 Å². The molecule has 3 saturated carbocycles. The second-order valence-electron chi connectivity index (χ2n) is 19.8. The summed E-state index contributed by atoms with van der Waals surface area (Å²) in [5.74, 6) is -3.21. The number of carbonyl (C=O) groups excluding carboxylic acids is 3. The van der Waals surface area contributed by atoms with E-state index in [1.807, 2.05) is 0 Å². The first-order chi connectivity index (χ1) is 35.9. The van der Waals surface area contributed by atoms with E-state index in [9.17, 15) is 82.4 Å². The fourth-order valence-corrected chi connectivity index (χ4v) is 8.04. The number of aliphatic hydroxyl groups is 3. The Balaban J connectivity index is 0.000000252. The number of rotatable bonds is 24. The molecule has 15 nitrogen and oxygen atoms in total. The van der Waals surface area contributed by atoms with Crippen molar-refractivity contribution in [1.82, 2.24) is 16.0 Å². The summed E-state index contributed by atoms with van der Waals surface area (Å²) in [5, 5.41) is 38.1. The zero-order valence-electron chi connectivity index (χ0n) is 43.2. The van der Waals surface area contributed by atoms with Crippen LogP contribution >= 0.6 is 0 Å². The topological polar surface area (TPSA) is 203 Å². The van der Waals surface area contributed by atoms with Crippen molar-refractivity contribution >= 4 is 17.7 Å². The molecule has 0 aliphatic heterocycles. The maximum atomic E-state index is 14.1. The zero-order valence-corrected chi connectivity index (χ0v) is 43.2. The van der Waals surface area contributed by atoms with Gasteiger partial charge in [-0.15, -0.1) is 39.5 Å². The number of hydrogen-bond donors (Lipinski definition) is 6. The van der Waals surface area contributed by atoms with Crippen molar-refractivity contribution in [1.29, 1.82) is 0 Å². The molecule has 78 heavy (non-hydrogen) atoms. The molecule has 3 aromatic rings. The molecule has 0 bridgehead atoms. The highest BCUT2D eigenvalue weighted by Crippen LogP contribution is 2.52. The van der Waals surface area contributed by atoms with E-state index >= 15 is 0 Å². The van der Waals surface area contributed by atoms with Crippen LogP contribution in [0, 0.1) is 0 Å². The minimum absolute atomic E-state index is 0.0237. The van der Waals surface area contributed by atoms with Crippen molar-refractivity contribution < 1.29 is 111 Å². The Kier molecular flexibility index (Phi) is 21.4. The average Bonchev–Trinajstić information content (AvgIpc) is 4.23. The lowest BCUT2D eigenvalue weighted by molar-refractivity contribution is -0.275. The van der Waals surface area contributed by atoms with Gasteiger partial charge < -0.3 is 59.7 Å². The smallest absolute Gasteiger partial charge is 0.406 e. The predicted molar refractivity (Wildman–Crippen MR) is 253 cm³/mol. The highest BCUT2D eigenvalue weighted by atomic mass is 19.4. The van der Waals surface area contributed by atoms with Crippen LogP contribution in [-0.2, 0) is 28.6 Å². The monoisotopic (exact) mass is 1140 g/mol. The molecular formula is C51H63F12N3O12. The van der Waals surface area contributed by atoms with Gasteiger partial charge in [0.05, 0.1) is 57.2 Å². The van der Waals surface area contributed by atoms with Crippen molar-refractivity contribution in [3.05, 3.63) is 89.5 Å². The van der Waals surface area contributed by atoms with Gasteiger partial charge in [-0.1, -0.05) is 36.4 Å². The maximum absolute atomic E-state index is 14.1. The summed E-state index contributed by atoms with van der Waals surface area (Å²) in [5.41, 5.74) is -9.79. The van der Waals surface area contributed by atoms with E-state index in [1.54, 1.807) is 0 Å². The van der Waals surface area contributed by atoms with Crippen LogP contribution in [0.15, 0.2) is 72.8 Å². The molecule has 27 heteroatoms. The summed E-state index contributed by atoms with van der Waals surface area (Å²) in [6.45, 7) is 3.69. The van der Waals surface area contributed by atoms with Crippen LogP contribution in [0.1, 0.15) is 113 Å². The van der Waals surface area contributed by atoms with Gasteiger partial charge in [0.2, 0.25) is 17.7 Å². The fraction of sp³-hybridized carbons (Fsp3) is 0.588. The fourth-order valence-electron chi connectivity index (χ4n) is 8.04. The van der Waals surface area contributed by atoms with E-state index in [4.69, 9.17) is 14.2 Å². The van der Waals surface area contributed by atoms with Gasteiger partial charge in [0.1, 0.15) is 51.1 Å². The molecule has 6 N–H and O–H groups in total. The third-order valence-corrected chi connectivity index (χ3v) is 13.0. The van der Waals surface area contributed by atoms with E-state index in [0.29, 0.717) is 16.7 Å². The van der Waals surface area contributed by atoms with Crippen LogP contribution in [0.25, 0.3) is 0 Å². The van der Waals surface area contributed by atoms with Gasteiger partial charge in [-0.05, 0) is 112 Å². The lowest BCUT2D eigenvalue weighted by Gasteiger charge is -2.28. The Bertz CT molecular complexity index is 2200. The van der Waals surface area contributed by atoms with E-state index in [1.165, 1.54) is 78.5 Å². The minimum Gasteiger partial charge on any atom is -0.406 e. The number of carbonyl (C=O) groups is 3. The van der Waals surface area contributed by atoms with Crippen molar-refractivity contribution in [3.8, 4) is 17.2 Å². The van der Waals surface area contributed by atoms with Gasteiger partial charge in [0.15, 0.2) is 0 Å². The summed E-state index contributed by atoms with van der Waals surface area (Å²) < 4.78 is 180. The Labute approximate surface area is 441 Å². The zero-order chi connectivity index (χ0) is 58.8. The van der Waals surface area contributed by atoms with E-state index < -0.39 is 125 Å². The largest absolute Gasteiger partial charge is 0.573 e. The molecule has 1 unspecified atom stereocenters. The van der Waals surface area contributed by atoms with Gasteiger partial charge in [0, 0.05) is 21.3 Å². The molecule has 0 aromatic heterocycles. The molecule has 0 heterocycles. The van der Waals surface area contributed by atoms with Gasteiger partial charge in [-0.2, -0.15) is 0 Å². The molecule has 3 fully saturated rings. The second-order valence-corrected chi connectivity index (χ2v) is 19.8. The second kappa shape index (κ2) is 25.7. The Morgan fingerprint density at radius 3 is 0.859 bits per heavy atom. The molecule has 6 atom stereocenters. The van der Waals surface area contributed by atoms with Crippen LogP contribution < -0.4 is 30.2 Å². The lowest BCUT2D eigenvalue weighted by atomic mass is 9.93. The van der Waals surface area contributed by atoms with Gasteiger partial charge in [-0.25, -0.2) is 13.2 Å². The number of nitrogens with one attached hydrogen (secondary N) is 3. The quantitative estimate of drug-likeness (QED) is 0.0465. The number of benzene rings is 3. The SMILES string of the molecule is COC[C@H](NC(=O)CC(C)(O)C1(F)CC1)c1cccc(OC(F)(F)F)c1.COC[C@H](NC(=O)C[C@@](C)(O)C1(F)CC1)c1cccc(OC(F)(F)F)c1.COC[C@H](NC(=O)C[C@](C)(O)C1(F)CC1)c1cccc(OC(F)(F)F)c1. The lowest BCUT2D eigenvalue weighted by Crippen LogP contribution is -2.44. The summed E-state index contributed by atoms with van der Waals surface area (Å²) in [7, 11) is 4.10. The van der Waals surface area contributed by atoms with Crippen molar-refractivity contribution in [2.75, 3.05) is 41.2 Å². The molecule has 3 aliphatic carbocycles. The van der Waals surface area contributed by atoms with Crippen LogP contribution in [0.2, 0.25) is 0 Å². The van der Waals surface area contributed by atoms with Gasteiger partial charge >= 0.3 is 19.1 Å². The number of amides is 3. The Morgan fingerprint density at radius 1 is 0.462 bits per heavy atom. The highest BCUT2D eigenvalue weighted by molar-refractivity contribution is 5.79. The van der Waals surface area contributed by atoms with Crippen molar-refractivity contribution in [2.24, 2.45) is 0 Å². The van der Waals surface area contributed by atoms with Gasteiger partial charge in [0.25, 0.3) is 0 Å². The maximum Gasteiger partial charge on any atom is 0.573 e. The van der Waals surface area contributed by atoms with Crippen molar-refractivity contribution in [2.45, 2.75) is 150 Å². The average molecular weight is 1140 g/mol. The number of methoxy groups -OCH3 is 3. The normalized spacial score (nSPS) is 19.3. The molecule has 0 radical (unpaired) electrons. The highest BCUT2D eigenvalue weighted by Gasteiger charge is 2.60. The predicted octanol–water partition coefficient (Wildman–Crippen LogP) is 9.10. The summed E-state index contributed by atoms with van der Waals surface area (Å²) >= 11 is 0. The first kappa shape index (κ1) is 64.9. The van der Waals surface area contributed by atoms with Crippen molar-refractivity contribution in [3.63, 3.8) is 0 Å². The number of alkyl halides is 12. The third-order valence-electron chi connectivity index (χ3n) is 13.0. The van der Waals surface area contributed by atoms with E-state index in [0.717, 1.165) is 36.4 Å². The third kappa shape index (κ3) is 20.2. The summed E-state index contributed by atoms with van der Waals surface area (Å²) in [6.07, 6.45) is -14.8. The number of ether oxygens (including phenoxy) is 6. The molecule has 0 spiro atoms. The summed E-state index contributed by atoms with van der Waals surface area (Å²) in [6, 6.07) is 13.0. The molecule has 438 valence electrons. The van der Waals surface area contributed by atoms with Crippen LogP contribution in [0.4, 0.5) is 52.7 Å². The molecule has 3 amide bonds. The van der Waals surface area contributed by atoms with Gasteiger partial charge in [-0.3, -0.25) is 14.4 Å². The Morgan fingerprint density at radius 2 is 0.679 bits per heavy atom. The first-order valence-electron chi connectivity index (χ1n) is 24.0. The molecule has 0 saturated heterocycles. The van der Waals surface area contributed by atoms with Crippen LogP contribution in [0.5, 0.6) is 17.2 Å². The summed E-state index contributed by atoms with van der Waals surface area (Å²) in [4.78, 5) is 36.6. The number of halogens is 12. The minimum atomic E-state index is -4.84. The molecular weight excluding hydrogens is 1070 g/mol. The molecule has 6 rings (SSSR count). The van der Waals surface area contributed by atoms with E-state index in [-0.39, 0.29) is 58.3 Å². The molecule has 3 aliphatic rings. The standard InChI is InChI=1S/3C17H21F4NO4/c3*1-15(24,16(18)6-7-16)9-14(23)22-13(10-25-2)11-4-3-5-12(8-11)26-17(19,20)21/h3*3-5,8,13,24H,6-7,9-10H2,1-2H3,(H,22,23)/t13-,15?;13-,15+;13-,15-/m000/s1. The molecule has 3 aromatic carbocycles. The first-order valence-corrected chi connectivity index (χ1v) is 24.0.